The van der Waals surface area contributed by atoms with Crippen LogP contribution in [0.1, 0.15) is 23.8 Å². The van der Waals surface area contributed by atoms with Gasteiger partial charge in [0.1, 0.15) is 5.76 Å². The van der Waals surface area contributed by atoms with E-state index in [1.54, 1.807) is 12.3 Å². The van der Waals surface area contributed by atoms with Crippen molar-refractivity contribution in [1.82, 2.24) is 0 Å². The van der Waals surface area contributed by atoms with Crippen molar-refractivity contribution in [3.05, 3.63) is 23.7 Å². The minimum absolute atomic E-state index is 0.104. The Morgan fingerprint density at radius 2 is 2.50 bits per heavy atom. The molecule has 0 amide bonds. The van der Waals surface area contributed by atoms with Crippen LogP contribution in [0.2, 0.25) is 0 Å². The van der Waals surface area contributed by atoms with E-state index in [0.717, 1.165) is 5.56 Å². The molecular formula is C8H11NO3. The van der Waals surface area contributed by atoms with E-state index in [4.69, 9.17) is 15.3 Å². The van der Waals surface area contributed by atoms with Crippen LogP contribution in [0.25, 0.3) is 0 Å². The number of furan rings is 1. The van der Waals surface area contributed by atoms with Gasteiger partial charge in [-0.15, -0.1) is 0 Å². The molecule has 4 nitrogen and oxygen atoms in total. The molecule has 0 unspecified atom stereocenters. The smallest absolute Gasteiger partial charge is 0.305 e. The van der Waals surface area contributed by atoms with Gasteiger partial charge in [0.25, 0.3) is 0 Å². The lowest BCUT2D eigenvalue weighted by Crippen LogP contribution is -2.14. The molecule has 4 heteroatoms. The van der Waals surface area contributed by atoms with Crippen molar-refractivity contribution in [1.29, 1.82) is 0 Å². The van der Waals surface area contributed by atoms with E-state index in [9.17, 15) is 4.79 Å². The first-order valence-corrected chi connectivity index (χ1v) is 3.62. The number of carboxylic acids is 1. The summed E-state index contributed by atoms with van der Waals surface area (Å²) in [5.41, 5.74) is 6.48. The Morgan fingerprint density at radius 1 is 1.83 bits per heavy atom. The lowest BCUT2D eigenvalue weighted by molar-refractivity contribution is -0.137. The largest absolute Gasteiger partial charge is 0.481 e. The van der Waals surface area contributed by atoms with Gasteiger partial charge >= 0.3 is 5.97 Å². The third-order valence-electron chi connectivity index (χ3n) is 1.51. The molecule has 0 radical (unpaired) electrons. The second kappa shape index (κ2) is 3.40. The molecule has 0 aliphatic rings. The summed E-state index contributed by atoms with van der Waals surface area (Å²) in [5, 5.41) is 8.43. The summed E-state index contributed by atoms with van der Waals surface area (Å²) >= 11 is 0. The summed E-state index contributed by atoms with van der Waals surface area (Å²) in [5.74, 6) is -0.397. The molecule has 0 aromatic carbocycles. The van der Waals surface area contributed by atoms with Gasteiger partial charge in [-0.3, -0.25) is 4.79 Å². The number of aryl methyl sites for hydroxylation is 1. The number of aliphatic carboxylic acids is 1. The summed E-state index contributed by atoms with van der Waals surface area (Å²) in [6.07, 6.45) is 1.45. The van der Waals surface area contributed by atoms with Gasteiger partial charge in [-0.1, -0.05) is 0 Å². The topological polar surface area (TPSA) is 76.5 Å². The fourth-order valence-electron chi connectivity index (χ4n) is 0.937. The highest BCUT2D eigenvalue weighted by molar-refractivity contribution is 5.67. The molecule has 1 aromatic rings. The van der Waals surface area contributed by atoms with Crippen LogP contribution in [0, 0.1) is 6.92 Å². The molecule has 1 rings (SSSR count). The highest BCUT2D eigenvalue weighted by Gasteiger charge is 2.13. The second-order valence-electron chi connectivity index (χ2n) is 2.73. The normalized spacial score (nSPS) is 12.8. The molecule has 0 aliphatic heterocycles. The zero-order chi connectivity index (χ0) is 9.14. The Balaban J connectivity index is 2.64. The van der Waals surface area contributed by atoms with Crippen LogP contribution < -0.4 is 5.73 Å². The number of carboxylic acid groups (broad SMARTS) is 1. The summed E-state index contributed by atoms with van der Waals surface area (Å²) in [4.78, 5) is 10.3. The maximum absolute atomic E-state index is 10.3. The number of rotatable bonds is 3. The van der Waals surface area contributed by atoms with Crippen LogP contribution in [0.15, 0.2) is 16.7 Å². The fraction of sp³-hybridized carbons (Fsp3) is 0.375. The van der Waals surface area contributed by atoms with Crippen LogP contribution in [-0.4, -0.2) is 11.1 Å². The van der Waals surface area contributed by atoms with Crippen molar-refractivity contribution in [2.24, 2.45) is 5.73 Å². The standard InChI is InChI=1S/C8H11NO3/c1-5-2-7(12-4-5)6(9)3-8(10)11/h2,4,6H,3,9H2,1H3,(H,10,11)/t6-/m0/s1. The van der Waals surface area contributed by atoms with Crippen LogP contribution in [0.5, 0.6) is 0 Å². The van der Waals surface area contributed by atoms with Crippen molar-refractivity contribution in [3.63, 3.8) is 0 Å². The van der Waals surface area contributed by atoms with E-state index in [1.807, 2.05) is 6.92 Å². The summed E-state index contributed by atoms with van der Waals surface area (Å²) in [7, 11) is 0. The fourth-order valence-corrected chi connectivity index (χ4v) is 0.937. The molecule has 0 fully saturated rings. The predicted octanol–water partition coefficient (Wildman–Crippen LogP) is 1.06. The first-order valence-electron chi connectivity index (χ1n) is 3.62. The molecule has 0 aliphatic carbocycles. The summed E-state index contributed by atoms with van der Waals surface area (Å²) in [6.45, 7) is 1.86. The summed E-state index contributed by atoms with van der Waals surface area (Å²) in [6, 6.07) is 1.20. The molecule has 1 atom stereocenters. The van der Waals surface area contributed by atoms with E-state index >= 15 is 0 Å². The maximum atomic E-state index is 10.3. The molecule has 0 saturated heterocycles. The third kappa shape index (κ3) is 2.10. The first kappa shape index (κ1) is 8.80. The third-order valence-corrected chi connectivity index (χ3v) is 1.51. The van der Waals surface area contributed by atoms with E-state index in [1.165, 1.54) is 0 Å². The van der Waals surface area contributed by atoms with E-state index in [2.05, 4.69) is 0 Å². The molecule has 1 heterocycles. The van der Waals surface area contributed by atoms with Crippen molar-refractivity contribution in [2.75, 3.05) is 0 Å². The zero-order valence-corrected chi connectivity index (χ0v) is 6.78. The van der Waals surface area contributed by atoms with Crippen LogP contribution in [0.3, 0.4) is 0 Å². The minimum Gasteiger partial charge on any atom is -0.481 e. The first-order chi connectivity index (χ1) is 5.59. The highest BCUT2D eigenvalue weighted by Crippen LogP contribution is 2.16. The molecule has 1 aromatic heterocycles. The van der Waals surface area contributed by atoms with Gasteiger partial charge in [-0.05, 0) is 18.6 Å². The predicted molar refractivity (Wildman–Crippen MR) is 42.6 cm³/mol. The van der Waals surface area contributed by atoms with Crippen molar-refractivity contribution in [3.8, 4) is 0 Å². The Labute approximate surface area is 70.0 Å². The molecule has 12 heavy (non-hydrogen) atoms. The van der Waals surface area contributed by atoms with Gasteiger partial charge in [-0.2, -0.15) is 0 Å². The van der Waals surface area contributed by atoms with Gasteiger partial charge in [0.2, 0.25) is 0 Å². The molecule has 66 valence electrons. The quantitative estimate of drug-likeness (QED) is 0.709. The van der Waals surface area contributed by atoms with Gasteiger partial charge in [0, 0.05) is 0 Å². The van der Waals surface area contributed by atoms with Crippen LogP contribution >= 0.6 is 0 Å². The Hall–Kier alpha value is -1.29. The van der Waals surface area contributed by atoms with Crippen molar-refractivity contribution in [2.45, 2.75) is 19.4 Å². The van der Waals surface area contributed by atoms with Crippen molar-refractivity contribution < 1.29 is 14.3 Å². The SMILES string of the molecule is Cc1coc([C@@H](N)CC(=O)O)c1. The Bertz CT molecular complexity index is 280. The molecule has 0 spiro atoms. The lowest BCUT2D eigenvalue weighted by Gasteiger charge is -2.03. The molecule has 3 N–H and O–H groups in total. The zero-order valence-electron chi connectivity index (χ0n) is 6.78. The van der Waals surface area contributed by atoms with Gasteiger partial charge in [0.15, 0.2) is 0 Å². The summed E-state index contributed by atoms with van der Waals surface area (Å²) < 4.78 is 5.04. The van der Waals surface area contributed by atoms with E-state index in [-0.39, 0.29) is 6.42 Å². The number of carbonyl (C=O) groups is 1. The monoisotopic (exact) mass is 169 g/mol. The average molecular weight is 169 g/mol. The van der Waals surface area contributed by atoms with Gasteiger partial charge < -0.3 is 15.3 Å². The van der Waals surface area contributed by atoms with E-state index < -0.39 is 12.0 Å². The maximum Gasteiger partial charge on any atom is 0.305 e. The van der Waals surface area contributed by atoms with Gasteiger partial charge in [0.05, 0.1) is 18.7 Å². The van der Waals surface area contributed by atoms with Gasteiger partial charge in [-0.25, -0.2) is 0 Å². The molecular weight excluding hydrogens is 158 g/mol. The van der Waals surface area contributed by atoms with Crippen LogP contribution in [-0.2, 0) is 4.79 Å². The average Bonchev–Trinajstić information content (AvgIpc) is 2.34. The molecule has 0 bridgehead atoms. The van der Waals surface area contributed by atoms with Crippen molar-refractivity contribution >= 4 is 5.97 Å². The second-order valence-corrected chi connectivity index (χ2v) is 2.73. The number of hydrogen-bond donors (Lipinski definition) is 2. The Kier molecular flexibility index (Phi) is 2.50. The van der Waals surface area contributed by atoms with Crippen LogP contribution in [0.4, 0.5) is 0 Å². The highest BCUT2D eigenvalue weighted by atomic mass is 16.4. The van der Waals surface area contributed by atoms with E-state index in [0.29, 0.717) is 5.76 Å². The number of nitrogens with two attached hydrogens (primary N) is 1. The number of hydrogen-bond acceptors (Lipinski definition) is 3. The Morgan fingerprint density at radius 3 is 2.92 bits per heavy atom. The molecule has 0 saturated carbocycles. The lowest BCUT2D eigenvalue weighted by atomic mass is 10.1. The minimum atomic E-state index is -0.920.